The van der Waals surface area contributed by atoms with Gasteiger partial charge in [0.25, 0.3) is 0 Å². The fourth-order valence-corrected chi connectivity index (χ4v) is 3.49. The third-order valence-corrected chi connectivity index (χ3v) is 5.26. The van der Waals surface area contributed by atoms with Gasteiger partial charge in [0.1, 0.15) is 11.9 Å². The summed E-state index contributed by atoms with van der Waals surface area (Å²) < 4.78 is 13.3. The number of amides is 2. The van der Waals surface area contributed by atoms with Gasteiger partial charge in [-0.25, -0.2) is 4.39 Å². The first-order valence-corrected chi connectivity index (χ1v) is 10.3. The smallest absolute Gasteiger partial charge is 0.242 e. The summed E-state index contributed by atoms with van der Waals surface area (Å²) >= 11 is 0. The molecule has 2 amide bonds. The van der Waals surface area contributed by atoms with Crippen molar-refractivity contribution < 1.29 is 14.0 Å². The normalized spacial score (nSPS) is 11.6. The van der Waals surface area contributed by atoms with E-state index in [1.54, 1.807) is 24.1 Å². The van der Waals surface area contributed by atoms with E-state index >= 15 is 0 Å². The fraction of sp³-hybridized carbons (Fsp3) is 0.231. The topological polar surface area (TPSA) is 49.4 Å². The molecule has 3 aromatic carbocycles. The van der Waals surface area contributed by atoms with Crippen LogP contribution in [0.3, 0.4) is 0 Å². The molecule has 3 rings (SSSR count). The number of aryl methyl sites for hydroxylation is 1. The van der Waals surface area contributed by atoms with Crippen molar-refractivity contribution in [2.24, 2.45) is 0 Å². The molecule has 0 heterocycles. The Hall–Kier alpha value is -3.47. The summed E-state index contributed by atoms with van der Waals surface area (Å²) in [5.41, 5.74) is 3.75. The summed E-state index contributed by atoms with van der Waals surface area (Å²) in [7, 11) is 1.58. The van der Waals surface area contributed by atoms with E-state index < -0.39 is 6.04 Å². The Morgan fingerprint density at radius 1 is 0.871 bits per heavy atom. The highest BCUT2D eigenvalue weighted by Gasteiger charge is 2.29. The second-order valence-corrected chi connectivity index (χ2v) is 7.63. The lowest BCUT2D eigenvalue weighted by atomic mass is 10.0. The summed E-state index contributed by atoms with van der Waals surface area (Å²) in [6.07, 6.45) is 0.496. The van der Waals surface area contributed by atoms with Gasteiger partial charge in [0, 0.05) is 20.0 Å². The maximum atomic E-state index is 13.4. The van der Waals surface area contributed by atoms with Crippen LogP contribution in [-0.2, 0) is 29.0 Å². The van der Waals surface area contributed by atoms with Crippen molar-refractivity contribution in [3.05, 3.63) is 107 Å². The number of halogens is 1. The predicted octanol–water partition coefficient (Wildman–Crippen LogP) is 4.06. The van der Waals surface area contributed by atoms with Gasteiger partial charge in [0.15, 0.2) is 0 Å². The van der Waals surface area contributed by atoms with Crippen molar-refractivity contribution in [1.29, 1.82) is 0 Å². The van der Waals surface area contributed by atoms with E-state index in [-0.39, 0.29) is 24.1 Å². The van der Waals surface area contributed by atoms with E-state index in [0.29, 0.717) is 18.5 Å². The molecule has 0 unspecified atom stereocenters. The van der Waals surface area contributed by atoms with Crippen LogP contribution in [0.4, 0.5) is 4.39 Å². The summed E-state index contributed by atoms with van der Waals surface area (Å²) in [5, 5.41) is 2.70. The molecule has 0 aliphatic heterocycles. The third kappa shape index (κ3) is 6.25. The van der Waals surface area contributed by atoms with Crippen molar-refractivity contribution in [2.75, 3.05) is 7.05 Å². The first-order chi connectivity index (χ1) is 15.0. The number of rotatable bonds is 8. The number of carbonyl (C=O) groups is 2. The molecule has 0 bridgehead atoms. The Balaban J connectivity index is 1.92. The maximum absolute atomic E-state index is 13.4. The lowest BCUT2D eigenvalue weighted by Crippen LogP contribution is -2.50. The van der Waals surface area contributed by atoms with Gasteiger partial charge in [-0.05, 0) is 35.7 Å². The van der Waals surface area contributed by atoms with Crippen LogP contribution >= 0.6 is 0 Å². The van der Waals surface area contributed by atoms with Gasteiger partial charge in [0.05, 0.1) is 6.42 Å². The first kappa shape index (κ1) is 22.2. The summed E-state index contributed by atoms with van der Waals surface area (Å²) in [4.78, 5) is 27.8. The van der Waals surface area contributed by atoms with E-state index in [1.165, 1.54) is 12.1 Å². The lowest BCUT2D eigenvalue weighted by Gasteiger charge is -2.31. The molecule has 4 nitrogen and oxygen atoms in total. The van der Waals surface area contributed by atoms with Gasteiger partial charge in [-0.15, -0.1) is 0 Å². The van der Waals surface area contributed by atoms with Crippen molar-refractivity contribution >= 4 is 11.8 Å². The van der Waals surface area contributed by atoms with Gasteiger partial charge in [-0.1, -0.05) is 72.3 Å². The Kier molecular flexibility index (Phi) is 7.55. The van der Waals surface area contributed by atoms with Crippen molar-refractivity contribution in [1.82, 2.24) is 10.2 Å². The van der Waals surface area contributed by atoms with Crippen LogP contribution in [0.2, 0.25) is 0 Å². The second kappa shape index (κ2) is 10.5. The second-order valence-electron chi connectivity index (χ2n) is 7.63. The van der Waals surface area contributed by atoms with Gasteiger partial charge < -0.3 is 10.2 Å². The number of hydrogen-bond donors (Lipinski definition) is 1. The number of nitrogens with one attached hydrogen (secondary N) is 1. The van der Waals surface area contributed by atoms with Crippen LogP contribution in [0, 0.1) is 12.7 Å². The van der Waals surface area contributed by atoms with Gasteiger partial charge in [-0.3, -0.25) is 9.59 Å². The van der Waals surface area contributed by atoms with Gasteiger partial charge in [0.2, 0.25) is 11.8 Å². The predicted molar refractivity (Wildman–Crippen MR) is 120 cm³/mol. The first-order valence-electron chi connectivity index (χ1n) is 10.3. The van der Waals surface area contributed by atoms with E-state index in [4.69, 9.17) is 0 Å². The minimum atomic E-state index is -0.665. The van der Waals surface area contributed by atoms with E-state index in [1.807, 2.05) is 61.5 Å². The molecule has 0 saturated heterocycles. The molecule has 0 radical (unpaired) electrons. The van der Waals surface area contributed by atoms with Crippen molar-refractivity contribution in [3.63, 3.8) is 0 Å². The van der Waals surface area contributed by atoms with Crippen molar-refractivity contribution in [3.8, 4) is 0 Å². The van der Waals surface area contributed by atoms with E-state index in [0.717, 1.165) is 16.7 Å². The number of benzene rings is 3. The Morgan fingerprint density at radius 3 is 2.10 bits per heavy atom. The van der Waals surface area contributed by atoms with Crippen LogP contribution < -0.4 is 5.32 Å². The quantitative estimate of drug-likeness (QED) is 0.600. The van der Waals surface area contributed by atoms with Crippen LogP contribution in [0.25, 0.3) is 0 Å². The molecule has 0 spiro atoms. The van der Waals surface area contributed by atoms with Gasteiger partial charge in [-0.2, -0.15) is 0 Å². The Bertz CT molecular complexity index is 1000. The third-order valence-electron chi connectivity index (χ3n) is 5.26. The van der Waals surface area contributed by atoms with E-state index in [2.05, 4.69) is 5.32 Å². The zero-order valence-corrected chi connectivity index (χ0v) is 17.8. The Labute approximate surface area is 182 Å². The molecule has 0 aromatic heterocycles. The zero-order valence-electron chi connectivity index (χ0n) is 17.8. The van der Waals surface area contributed by atoms with Crippen LogP contribution in [0.1, 0.15) is 22.3 Å². The summed E-state index contributed by atoms with van der Waals surface area (Å²) in [5.74, 6) is -0.750. The molecule has 0 aliphatic carbocycles. The fourth-order valence-electron chi connectivity index (χ4n) is 3.49. The highest BCUT2D eigenvalue weighted by atomic mass is 19.1. The maximum Gasteiger partial charge on any atom is 0.242 e. The molecule has 3 aromatic rings. The van der Waals surface area contributed by atoms with Crippen LogP contribution in [0.5, 0.6) is 0 Å². The molecule has 160 valence electrons. The largest absolute Gasteiger partial charge is 0.357 e. The van der Waals surface area contributed by atoms with Crippen LogP contribution in [0.15, 0.2) is 78.9 Å². The molecule has 1 atom stereocenters. The number of carbonyl (C=O) groups excluding carboxylic acids is 2. The molecule has 0 saturated carbocycles. The minimum absolute atomic E-state index is 0.0917. The zero-order chi connectivity index (χ0) is 22.2. The molecule has 0 aliphatic rings. The molecule has 5 heteroatoms. The van der Waals surface area contributed by atoms with Crippen molar-refractivity contribution in [2.45, 2.75) is 32.4 Å². The number of nitrogens with zero attached hydrogens (tertiary/aromatic N) is 1. The monoisotopic (exact) mass is 418 g/mol. The van der Waals surface area contributed by atoms with Gasteiger partial charge >= 0.3 is 0 Å². The molecular weight excluding hydrogens is 391 g/mol. The average molecular weight is 419 g/mol. The lowest BCUT2D eigenvalue weighted by molar-refractivity contribution is -0.140. The molecule has 1 N–H and O–H groups in total. The summed E-state index contributed by atoms with van der Waals surface area (Å²) in [6.45, 7) is 2.31. The average Bonchev–Trinajstić information content (AvgIpc) is 2.79. The number of hydrogen-bond acceptors (Lipinski definition) is 2. The van der Waals surface area contributed by atoms with Crippen LogP contribution in [-0.4, -0.2) is 29.8 Å². The standard InChI is InChI=1S/C26H27FN2O2/c1-19-8-10-22(11-9-19)18-29(25(30)17-21-12-14-23(27)15-13-21)24(26(31)28-2)16-20-6-4-3-5-7-20/h3-15,24H,16-18H2,1-2H3,(H,28,31)/t24-/m0/s1. The molecule has 31 heavy (non-hydrogen) atoms. The highest BCUT2D eigenvalue weighted by molar-refractivity contribution is 5.88. The molecular formula is C26H27FN2O2. The Morgan fingerprint density at radius 2 is 1.48 bits per heavy atom. The molecule has 0 fully saturated rings. The number of likely N-dealkylation sites (N-methyl/N-ethyl adjacent to an activating group) is 1. The van der Waals surface area contributed by atoms with E-state index in [9.17, 15) is 14.0 Å². The summed E-state index contributed by atoms with van der Waals surface area (Å²) in [6, 6.07) is 22.8. The minimum Gasteiger partial charge on any atom is -0.357 e. The SMILES string of the molecule is CNC(=O)[C@H](Cc1ccccc1)N(Cc1ccc(C)cc1)C(=O)Cc1ccc(F)cc1. The highest BCUT2D eigenvalue weighted by Crippen LogP contribution is 2.17.